The highest BCUT2D eigenvalue weighted by Crippen LogP contribution is 2.60. The second-order valence-electron chi connectivity index (χ2n) is 4.64. The highest BCUT2D eigenvalue weighted by Gasteiger charge is 2.81. The molecule has 0 spiro atoms. The summed E-state index contributed by atoms with van der Waals surface area (Å²) in [6.45, 7) is -0.143. The average Bonchev–Trinajstić information content (AvgIpc) is 2.89. The molecule has 0 radical (unpaired) electrons. The molecule has 124 valence electrons. The van der Waals surface area contributed by atoms with Crippen LogP contribution in [0.15, 0.2) is 0 Å². The second-order valence-corrected chi connectivity index (χ2v) is 7.24. The lowest BCUT2D eigenvalue weighted by atomic mass is 10.0. The predicted octanol–water partition coefficient (Wildman–Crippen LogP) is 3.29. The Bertz CT molecular complexity index is 378. The van der Waals surface area contributed by atoms with E-state index in [1.54, 1.807) is 0 Å². The average molecular weight is 359 g/mol. The summed E-state index contributed by atoms with van der Waals surface area (Å²) in [5.74, 6) is -11.8. The lowest BCUT2D eigenvalue weighted by Gasteiger charge is -2.48. The SMILES string of the molecule is FC(F)(F)C(F)(F)C(F)(F)C1(N2CCOCC2)CSCS1. The van der Waals surface area contributed by atoms with Crippen LogP contribution in [0.3, 0.4) is 0 Å². The van der Waals surface area contributed by atoms with E-state index in [4.69, 9.17) is 4.74 Å². The van der Waals surface area contributed by atoms with Gasteiger partial charge in [-0.2, -0.15) is 30.7 Å². The summed E-state index contributed by atoms with van der Waals surface area (Å²) in [5.41, 5.74) is 0. The summed E-state index contributed by atoms with van der Waals surface area (Å²) in [6.07, 6.45) is -6.30. The molecule has 0 aromatic heterocycles. The Morgan fingerprint density at radius 2 is 1.52 bits per heavy atom. The van der Waals surface area contributed by atoms with Gasteiger partial charge in [0.05, 0.1) is 13.2 Å². The van der Waals surface area contributed by atoms with Crippen molar-refractivity contribution in [2.45, 2.75) is 22.9 Å². The molecular weight excluding hydrogens is 347 g/mol. The number of rotatable bonds is 3. The van der Waals surface area contributed by atoms with Crippen LogP contribution in [-0.2, 0) is 4.74 Å². The Kier molecular flexibility index (Phi) is 4.70. The first-order valence-electron chi connectivity index (χ1n) is 5.93. The van der Waals surface area contributed by atoms with Gasteiger partial charge in [0.2, 0.25) is 0 Å². The maximum atomic E-state index is 14.3. The molecule has 2 nitrogen and oxygen atoms in total. The van der Waals surface area contributed by atoms with Crippen LogP contribution in [0.2, 0.25) is 0 Å². The van der Waals surface area contributed by atoms with Crippen molar-refractivity contribution in [3.8, 4) is 0 Å². The summed E-state index contributed by atoms with van der Waals surface area (Å²) in [7, 11) is 0. The minimum absolute atomic E-state index is 0.0284. The van der Waals surface area contributed by atoms with Crippen LogP contribution >= 0.6 is 23.5 Å². The van der Waals surface area contributed by atoms with Crippen molar-refractivity contribution in [3.63, 3.8) is 0 Å². The highest BCUT2D eigenvalue weighted by atomic mass is 32.2. The second kappa shape index (κ2) is 5.64. The molecule has 11 heteroatoms. The fraction of sp³-hybridized carbons (Fsp3) is 1.00. The number of hydrogen-bond acceptors (Lipinski definition) is 4. The molecule has 2 aliphatic heterocycles. The van der Waals surface area contributed by atoms with Gasteiger partial charge in [-0.25, -0.2) is 0 Å². The number of thioether (sulfide) groups is 2. The predicted molar refractivity (Wildman–Crippen MR) is 66.0 cm³/mol. The summed E-state index contributed by atoms with van der Waals surface area (Å²) >= 11 is 1.38. The van der Waals surface area contributed by atoms with Crippen LogP contribution in [0.25, 0.3) is 0 Å². The zero-order valence-corrected chi connectivity index (χ0v) is 12.2. The third kappa shape index (κ3) is 2.63. The molecule has 2 saturated heterocycles. The van der Waals surface area contributed by atoms with E-state index in [1.165, 1.54) is 0 Å². The maximum Gasteiger partial charge on any atom is 0.459 e. The number of halogens is 7. The monoisotopic (exact) mass is 359 g/mol. The van der Waals surface area contributed by atoms with Crippen LogP contribution in [-0.4, -0.2) is 64.9 Å². The fourth-order valence-corrected chi connectivity index (χ4v) is 5.62. The fourth-order valence-electron chi connectivity index (χ4n) is 2.27. The van der Waals surface area contributed by atoms with Gasteiger partial charge in [-0.15, -0.1) is 23.5 Å². The molecule has 2 aliphatic rings. The number of alkyl halides is 7. The molecule has 0 aromatic rings. The van der Waals surface area contributed by atoms with Crippen LogP contribution in [0, 0.1) is 0 Å². The van der Waals surface area contributed by atoms with E-state index in [0.717, 1.165) is 16.7 Å². The highest BCUT2D eigenvalue weighted by molar-refractivity contribution is 8.20. The van der Waals surface area contributed by atoms with Gasteiger partial charge in [0.1, 0.15) is 4.87 Å². The first kappa shape index (κ1) is 17.5. The molecule has 2 rings (SSSR count). The Morgan fingerprint density at radius 3 is 1.95 bits per heavy atom. The Labute approximate surface area is 124 Å². The van der Waals surface area contributed by atoms with Gasteiger partial charge in [0, 0.05) is 23.9 Å². The van der Waals surface area contributed by atoms with Crippen LogP contribution in [0.1, 0.15) is 0 Å². The van der Waals surface area contributed by atoms with Gasteiger partial charge in [0.15, 0.2) is 0 Å². The summed E-state index contributed by atoms with van der Waals surface area (Å²) in [5, 5.41) is 0.0425. The largest absolute Gasteiger partial charge is 0.459 e. The zero-order valence-electron chi connectivity index (χ0n) is 10.6. The molecule has 2 fully saturated rings. The quantitative estimate of drug-likeness (QED) is 0.717. The number of nitrogens with zero attached hydrogens (tertiary/aromatic N) is 1. The molecule has 0 bridgehead atoms. The van der Waals surface area contributed by atoms with Crippen LogP contribution in [0.5, 0.6) is 0 Å². The van der Waals surface area contributed by atoms with E-state index < -0.39 is 28.6 Å². The van der Waals surface area contributed by atoms with Gasteiger partial charge in [-0.1, -0.05) is 0 Å². The maximum absolute atomic E-state index is 14.3. The minimum Gasteiger partial charge on any atom is -0.379 e. The molecule has 21 heavy (non-hydrogen) atoms. The lowest BCUT2D eigenvalue weighted by Crippen LogP contribution is -2.70. The van der Waals surface area contributed by atoms with E-state index in [2.05, 4.69) is 0 Å². The van der Waals surface area contributed by atoms with E-state index in [1.807, 2.05) is 0 Å². The normalized spacial score (nSPS) is 29.9. The van der Waals surface area contributed by atoms with Gasteiger partial charge in [-0.3, -0.25) is 4.90 Å². The standard InChI is InChI=1S/C10H12F7NOS2/c11-8(12,9(13,14)10(15,16)17)7(5-20-6-21-7)18-1-3-19-4-2-18/h1-6H2. The first-order valence-corrected chi connectivity index (χ1v) is 8.07. The van der Waals surface area contributed by atoms with Crippen molar-refractivity contribution >= 4 is 23.5 Å². The first-order chi connectivity index (χ1) is 9.56. The van der Waals surface area contributed by atoms with Gasteiger partial charge < -0.3 is 4.74 Å². The van der Waals surface area contributed by atoms with E-state index in [9.17, 15) is 30.7 Å². The molecule has 0 N–H and O–H groups in total. The van der Waals surface area contributed by atoms with Crippen molar-refractivity contribution in [2.75, 3.05) is 37.1 Å². The van der Waals surface area contributed by atoms with Crippen molar-refractivity contribution in [1.29, 1.82) is 0 Å². The number of morpholine rings is 1. The zero-order chi connectivity index (χ0) is 15.9. The third-order valence-electron chi connectivity index (χ3n) is 3.44. The van der Waals surface area contributed by atoms with Crippen molar-refractivity contribution in [3.05, 3.63) is 0 Å². The Hall–Kier alpha value is 0.130. The number of hydrogen-bond donors (Lipinski definition) is 0. The molecule has 0 amide bonds. The molecule has 0 aliphatic carbocycles. The summed E-state index contributed by atoms with van der Waals surface area (Å²) in [6, 6.07) is 0. The minimum atomic E-state index is -6.30. The summed E-state index contributed by atoms with van der Waals surface area (Å²) in [4.78, 5) is -1.57. The number of ether oxygens (including phenoxy) is 1. The van der Waals surface area contributed by atoms with Crippen LogP contribution < -0.4 is 0 Å². The van der Waals surface area contributed by atoms with Crippen molar-refractivity contribution in [1.82, 2.24) is 4.90 Å². The molecule has 0 aromatic carbocycles. The molecule has 2 heterocycles. The molecular formula is C10H12F7NOS2. The molecule has 1 unspecified atom stereocenters. The smallest absolute Gasteiger partial charge is 0.379 e. The van der Waals surface area contributed by atoms with Crippen LogP contribution in [0.4, 0.5) is 30.7 Å². The lowest BCUT2D eigenvalue weighted by molar-refractivity contribution is -0.368. The van der Waals surface area contributed by atoms with Gasteiger partial charge in [-0.05, 0) is 0 Å². The molecule has 0 saturated carbocycles. The topological polar surface area (TPSA) is 12.5 Å². The van der Waals surface area contributed by atoms with E-state index in [-0.39, 0.29) is 31.4 Å². The molecule has 1 atom stereocenters. The van der Waals surface area contributed by atoms with E-state index in [0.29, 0.717) is 11.8 Å². The Morgan fingerprint density at radius 1 is 0.952 bits per heavy atom. The van der Waals surface area contributed by atoms with Crippen molar-refractivity contribution in [2.24, 2.45) is 0 Å². The summed E-state index contributed by atoms with van der Waals surface area (Å²) < 4.78 is 97.6. The van der Waals surface area contributed by atoms with Gasteiger partial charge in [0.25, 0.3) is 0 Å². The Balaban J connectivity index is 2.41. The third-order valence-corrected chi connectivity index (χ3v) is 6.52. The van der Waals surface area contributed by atoms with E-state index >= 15 is 0 Å². The van der Waals surface area contributed by atoms with Crippen molar-refractivity contribution < 1.29 is 35.5 Å². The van der Waals surface area contributed by atoms with Gasteiger partial charge >= 0.3 is 18.0 Å².